The quantitative estimate of drug-likeness (QED) is 0.793. The van der Waals surface area contributed by atoms with Gasteiger partial charge in [-0.25, -0.2) is 4.68 Å². The van der Waals surface area contributed by atoms with E-state index in [1.807, 2.05) is 19.1 Å². The number of aryl methyl sites for hydroxylation is 1. The summed E-state index contributed by atoms with van der Waals surface area (Å²) in [7, 11) is 0. The van der Waals surface area contributed by atoms with Crippen LogP contribution >= 0.6 is 0 Å². The van der Waals surface area contributed by atoms with Gasteiger partial charge in [0.25, 0.3) is 11.5 Å². The summed E-state index contributed by atoms with van der Waals surface area (Å²) in [5, 5.41) is 9.45. The van der Waals surface area contributed by atoms with Gasteiger partial charge in [0.15, 0.2) is 0 Å². The number of hydrogen-bond acceptors (Lipinski definition) is 5. The van der Waals surface area contributed by atoms with Crippen LogP contribution in [0.25, 0.3) is 0 Å². The second kappa shape index (κ2) is 8.59. The third kappa shape index (κ3) is 5.24. The van der Waals surface area contributed by atoms with Gasteiger partial charge in [-0.05, 0) is 38.0 Å². The number of carbonyl (C=O) groups excluding carboxylic acids is 2. The number of aromatic nitrogens is 2. The second-order valence-corrected chi connectivity index (χ2v) is 6.47. The molecule has 1 atom stereocenters. The fraction of sp³-hybridized carbons (Fsp3) is 0.368. The summed E-state index contributed by atoms with van der Waals surface area (Å²) >= 11 is 0. The highest BCUT2D eigenvalue weighted by molar-refractivity contribution is 6.02. The summed E-state index contributed by atoms with van der Waals surface area (Å²) in [6.07, 6.45) is 1.91. The van der Waals surface area contributed by atoms with Crippen LogP contribution in [0.3, 0.4) is 0 Å². The van der Waals surface area contributed by atoms with E-state index >= 15 is 0 Å². The van der Waals surface area contributed by atoms with Crippen LogP contribution in [0, 0.1) is 6.92 Å². The summed E-state index contributed by atoms with van der Waals surface area (Å²) in [6, 6.07) is 9.88. The van der Waals surface area contributed by atoms with E-state index in [0.717, 1.165) is 23.1 Å². The molecule has 3 rings (SSSR count). The predicted molar refractivity (Wildman–Crippen MR) is 99.6 cm³/mol. The van der Waals surface area contributed by atoms with Crippen LogP contribution in [0.2, 0.25) is 0 Å². The Morgan fingerprint density at radius 2 is 2.00 bits per heavy atom. The Kier molecular flexibility index (Phi) is 5.97. The van der Waals surface area contributed by atoms with Crippen molar-refractivity contribution in [3.63, 3.8) is 0 Å². The number of amides is 2. The maximum Gasteiger partial charge on any atom is 0.276 e. The van der Waals surface area contributed by atoms with Gasteiger partial charge in [-0.3, -0.25) is 14.4 Å². The molecule has 1 saturated heterocycles. The third-order valence-electron chi connectivity index (χ3n) is 4.25. The SMILES string of the molecule is Cc1ccc(NC(=O)c2ccc(=O)n(CC(=O)NCC3CCCO3)n2)cc1. The summed E-state index contributed by atoms with van der Waals surface area (Å²) in [4.78, 5) is 36.4. The molecule has 1 aliphatic rings. The Morgan fingerprint density at radius 1 is 1.22 bits per heavy atom. The van der Waals surface area contributed by atoms with E-state index in [0.29, 0.717) is 18.8 Å². The highest BCUT2D eigenvalue weighted by Crippen LogP contribution is 2.11. The predicted octanol–water partition coefficient (Wildman–Crippen LogP) is 1.10. The first-order valence-electron chi connectivity index (χ1n) is 8.86. The molecular formula is C19H22N4O4. The van der Waals surface area contributed by atoms with Gasteiger partial charge >= 0.3 is 0 Å². The van der Waals surface area contributed by atoms with Crippen molar-refractivity contribution >= 4 is 17.5 Å². The molecule has 0 bridgehead atoms. The lowest BCUT2D eigenvalue weighted by molar-refractivity contribution is -0.122. The number of nitrogens with zero attached hydrogens (tertiary/aromatic N) is 2. The summed E-state index contributed by atoms with van der Waals surface area (Å²) in [6.45, 7) is 2.81. The first kappa shape index (κ1) is 18.8. The smallest absolute Gasteiger partial charge is 0.276 e. The molecule has 8 nitrogen and oxygen atoms in total. The van der Waals surface area contributed by atoms with Crippen molar-refractivity contribution in [1.29, 1.82) is 0 Å². The minimum Gasteiger partial charge on any atom is -0.376 e. The molecule has 0 saturated carbocycles. The molecule has 142 valence electrons. The van der Waals surface area contributed by atoms with Gasteiger partial charge in [-0.2, -0.15) is 5.10 Å². The van der Waals surface area contributed by atoms with Crippen LogP contribution in [-0.2, 0) is 16.1 Å². The molecule has 1 fully saturated rings. The molecular weight excluding hydrogens is 348 g/mol. The lowest BCUT2D eigenvalue weighted by Gasteiger charge is -2.11. The molecule has 0 aliphatic carbocycles. The zero-order valence-electron chi connectivity index (χ0n) is 15.1. The van der Waals surface area contributed by atoms with Gasteiger partial charge in [0.1, 0.15) is 12.2 Å². The number of hydrogen-bond donors (Lipinski definition) is 2. The van der Waals surface area contributed by atoms with E-state index in [9.17, 15) is 14.4 Å². The normalized spacial score (nSPS) is 16.1. The molecule has 8 heteroatoms. The van der Waals surface area contributed by atoms with Gasteiger partial charge in [0.05, 0.1) is 6.10 Å². The Labute approximate surface area is 156 Å². The average Bonchev–Trinajstić information content (AvgIpc) is 3.17. The van der Waals surface area contributed by atoms with Gasteiger partial charge in [-0.1, -0.05) is 17.7 Å². The number of nitrogens with one attached hydrogen (secondary N) is 2. The largest absolute Gasteiger partial charge is 0.376 e. The van der Waals surface area contributed by atoms with Crippen molar-refractivity contribution in [3.8, 4) is 0 Å². The average molecular weight is 370 g/mol. The van der Waals surface area contributed by atoms with Gasteiger partial charge in [0.2, 0.25) is 5.91 Å². The van der Waals surface area contributed by atoms with Gasteiger partial charge in [0, 0.05) is 24.9 Å². The zero-order chi connectivity index (χ0) is 19.2. The van der Waals surface area contributed by atoms with Crippen LogP contribution in [-0.4, -0.2) is 40.9 Å². The van der Waals surface area contributed by atoms with E-state index in [4.69, 9.17) is 4.74 Å². The van der Waals surface area contributed by atoms with E-state index in [-0.39, 0.29) is 24.2 Å². The molecule has 2 amide bonds. The van der Waals surface area contributed by atoms with Crippen molar-refractivity contribution in [1.82, 2.24) is 15.1 Å². The molecule has 0 radical (unpaired) electrons. The monoisotopic (exact) mass is 370 g/mol. The lowest BCUT2D eigenvalue weighted by atomic mass is 10.2. The van der Waals surface area contributed by atoms with Crippen molar-refractivity contribution in [3.05, 3.63) is 58.0 Å². The fourth-order valence-corrected chi connectivity index (χ4v) is 2.74. The summed E-state index contributed by atoms with van der Waals surface area (Å²) in [5.41, 5.74) is 1.31. The van der Waals surface area contributed by atoms with Crippen molar-refractivity contribution in [2.45, 2.75) is 32.4 Å². The molecule has 2 aromatic rings. The van der Waals surface area contributed by atoms with Crippen molar-refractivity contribution < 1.29 is 14.3 Å². The number of anilines is 1. The molecule has 2 heterocycles. The standard InChI is InChI=1S/C19H22N4O4/c1-13-4-6-14(7-5-13)21-19(26)16-8-9-18(25)23(22-16)12-17(24)20-11-15-3-2-10-27-15/h4-9,15H,2-3,10-12H2,1H3,(H,20,24)(H,21,26). The maximum absolute atomic E-state index is 12.3. The zero-order valence-corrected chi connectivity index (χ0v) is 15.1. The van der Waals surface area contributed by atoms with Crippen molar-refractivity contribution in [2.24, 2.45) is 0 Å². The minimum absolute atomic E-state index is 0.0188. The van der Waals surface area contributed by atoms with Crippen LogP contribution in [0.4, 0.5) is 5.69 Å². The fourth-order valence-electron chi connectivity index (χ4n) is 2.74. The molecule has 2 N–H and O–H groups in total. The Hall–Kier alpha value is -3.00. The Morgan fingerprint density at radius 3 is 2.70 bits per heavy atom. The van der Waals surface area contributed by atoms with Crippen molar-refractivity contribution in [2.75, 3.05) is 18.5 Å². The lowest BCUT2D eigenvalue weighted by Crippen LogP contribution is -2.37. The van der Waals surface area contributed by atoms with Crippen LogP contribution in [0.5, 0.6) is 0 Å². The van der Waals surface area contributed by atoms with Crippen LogP contribution < -0.4 is 16.2 Å². The topological polar surface area (TPSA) is 102 Å². The van der Waals surface area contributed by atoms with Gasteiger partial charge in [-0.15, -0.1) is 0 Å². The molecule has 1 aromatic carbocycles. The number of ether oxygens (including phenoxy) is 1. The maximum atomic E-state index is 12.3. The van der Waals surface area contributed by atoms with E-state index in [1.165, 1.54) is 12.1 Å². The van der Waals surface area contributed by atoms with Gasteiger partial charge < -0.3 is 15.4 Å². The first-order valence-corrected chi connectivity index (χ1v) is 8.86. The highest BCUT2D eigenvalue weighted by Gasteiger charge is 2.17. The first-order chi connectivity index (χ1) is 13.0. The number of carbonyl (C=O) groups is 2. The number of benzene rings is 1. The Balaban J connectivity index is 1.62. The molecule has 1 aliphatic heterocycles. The molecule has 1 unspecified atom stereocenters. The second-order valence-electron chi connectivity index (χ2n) is 6.47. The van der Waals surface area contributed by atoms with E-state index < -0.39 is 11.5 Å². The third-order valence-corrected chi connectivity index (χ3v) is 4.25. The van der Waals surface area contributed by atoms with Crippen LogP contribution in [0.1, 0.15) is 28.9 Å². The summed E-state index contributed by atoms with van der Waals surface area (Å²) in [5.74, 6) is -0.802. The Bertz CT molecular complexity index is 870. The highest BCUT2D eigenvalue weighted by atomic mass is 16.5. The number of rotatable bonds is 6. The van der Waals surface area contributed by atoms with E-state index in [2.05, 4.69) is 15.7 Å². The molecule has 1 aromatic heterocycles. The molecule has 0 spiro atoms. The van der Waals surface area contributed by atoms with Crippen LogP contribution in [0.15, 0.2) is 41.2 Å². The van der Waals surface area contributed by atoms with E-state index in [1.54, 1.807) is 12.1 Å². The molecule has 27 heavy (non-hydrogen) atoms. The minimum atomic E-state index is -0.452. The summed E-state index contributed by atoms with van der Waals surface area (Å²) < 4.78 is 6.42.